The fourth-order valence-electron chi connectivity index (χ4n) is 2.88. The third-order valence-electron chi connectivity index (χ3n) is 4.25. The lowest BCUT2D eigenvalue weighted by Crippen LogP contribution is -2.43. The van der Waals surface area contributed by atoms with Crippen LogP contribution in [0.15, 0.2) is 36.7 Å². The van der Waals surface area contributed by atoms with Crippen LogP contribution in [0.4, 0.5) is 9.18 Å². The molecule has 2 amide bonds. The Balaban J connectivity index is 1.62. The summed E-state index contributed by atoms with van der Waals surface area (Å²) in [5.41, 5.74) is 0.0358. The molecule has 1 saturated heterocycles. The molecule has 0 saturated carbocycles. The first-order valence-corrected chi connectivity index (χ1v) is 9.17. The van der Waals surface area contributed by atoms with Crippen LogP contribution in [0.25, 0.3) is 11.4 Å². The molecule has 1 aromatic heterocycles. The highest BCUT2D eigenvalue weighted by Gasteiger charge is 2.37. The Morgan fingerprint density at radius 1 is 1.24 bits per heavy atom. The van der Waals surface area contributed by atoms with Gasteiger partial charge in [-0.15, -0.1) is 0 Å². The van der Waals surface area contributed by atoms with Crippen molar-refractivity contribution in [1.29, 1.82) is 0 Å². The van der Waals surface area contributed by atoms with Crippen molar-refractivity contribution in [2.75, 3.05) is 13.1 Å². The molecule has 0 aliphatic carbocycles. The van der Waals surface area contributed by atoms with E-state index in [1.807, 2.05) is 0 Å². The Morgan fingerprint density at radius 2 is 1.93 bits per heavy atom. The van der Waals surface area contributed by atoms with Crippen LogP contribution in [-0.4, -0.2) is 62.8 Å². The summed E-state index contributed by atoms with van der Waals surface area (Å²) in [7, 11) is 0. The highest BCUT2D eigenvalue weighted by atomic mass is 19.1. The zero-order chi connectivity index (χ0) is 21.2. The Kier molecular flexibility index (Phi) is 5.78. The van der Waals surface area contributed by atoms with E-state index in [2.05, 4.69) is 15.3 Å². The number of carbonyl (C=O) groups excluding carboxylic acids is 2. The molecule has 2 atom stereocenters. The molecule has 9 heteroatoms. The molecule has 1 fully saturated rings. The molecule has 3 rings (SSSR count). The van der Waals surface area contributed by atoms with Gasteiger partial charge in [-0.05, 0) is 32.9 Å². The second kappa shape index (κ2) is 8.12. The van der Waals surface area contributed by atoms with Gasteiger partial charge >= 0.3 is 6.09 Å². The molecule has 1 aromatic carbocycles. The summed E-state index contributed by atoms with van der Waals surface area (Å²) >= 11 is 0. The number of aliphatic hydroxyl groups excluding tert-OH is 1. The monoisotopic (exact) mass is 402 g/mol. The van der Waals surface area contributed by atoms with E-state index in [1.165, 1.54) is 29.4 Å². The molecule has 0 unspecified atom stereocenters. The predicted octanol–water partition coefficient (Wildman–Crippen LogP) is 1.99. The number of rotatable bonds is 3. The maximum absolute atomic E-state index is 13.3. The number of ether oxygens (including phenoxy) is 1. The third kappa shape index (κ3) is 5.26. The first-order valence-electron chi connectivity index (χ1n) is 9.17. The van der Waals surface area contributed by atoms with E-state index in [1.54, 1.807) is 32.9 Å². The minimum absolute atomic E-state index is 0.0644. The predicted molar refractivity (Wildman–Crippen MR) is 102 cm³/mol. The van der Waals surface area contributed by atoms with Gasteiger partial charge in [0.15, 0.2) is 5.82 Å². The molecule has 29 heavy (non-hydrogen) atoms. The van der Waals surface area contributed by atoms with E-state index in [4.69, 9.17) is 4.74 Å². The Bertz CT molecular complexity index is 898. The van der Waals surface area contributed by atoms with Gasteiger partial charge in [0.25, 0.3) is 5.91 Å². The van der Waals surface area contributed by atoms with Crippen LogP contribution < -0.4 is 5.32 Å². The first kappa shape index (κ1) is 20.7. The molecule has 1 aliphatic rings. The number of benzene rings is 1. The van der Waals surface area contributed by atoms with Crippen LogP contribution in [0.3, 0.4) is 0 Å². The number of carbonyl (C=O) groups is 2. The molecule has 0 spiro atoms. The fourth-order valence-corrected chi connectivity index (χ4v) is 2.88. The van der Waals surface area contributed by atoms with Gasteiger partial charge in [0.1, 0.15) is 11.4 Å². The molecule has 2 N–H and O–H groups in total. The van der Waals surface area contributed by atoms with Crippen molar-refractivity contribution < 1.29 is 23.8 Å². The Hall–Kier alpha value is -3.07. The second-order valence-electron chi connectivity index (χ2n) is 7.84. The average Bonchev–Trinajstić information content (AvgIpc) is 3.01. The number of β-amino-alcohol motifs (C(OH)–C–C–N with tert-alkyl or cyclic N) is 1. The molecular weight excluding hydrogens is 379 g/mol. The van der Waals surface area contributed by atoms with Crippen molar-refractivity contribution >= 4 is 12.0 Å². The maximum Gasteiger partial charge on any atom is 0.410 e. The van der Waals surface area contributed by atoms with E-state index < -0.39 is 35.6 Å². The lowest BCUT2D eigenvalue weighted by molar-refractivity contribution is 0.0269. The minimum Gasteiger partial charge on any atom is -0.444 e. The van der Waals surface area contributed by atoms with Crippen molar-refractivity contribution in [2.24, 2.45) is 0 Å². The Morgan fingerprint density at radius 3 is 2.55 bits per heavy atom. The summed E-state index contributed by atoms with van der Waals surface area (Å²) in [6.45, 7) is 5.46. The van der Waals surface area contributed by atoms with Crippen molar-refractivity contribution in [3.63, 3.8) is 0 Å². The number of nitrogens with one attached hydrogen (secondary N) is 1. The van der Waals surface area contributed by atoms with Crippen molar-refractivity contribution in [3.05, 3.63) is 48.0 Å². The molecule has 2 heterocycles. The van der Waals surface area contributed by atoms with Gasteiger partial charge in [-0.25, -0.2) is 19.2 Å². The SMILES string of the molecule is CC(C)(C)OC(=O)N1C[C@H](O)[C@H](NC(=O)c2cnc(-c3cccc(F)c3)nc2)C1. The van der Waals surface area contributed by atoms with E-state index in [0.717, 1.165) is 0 Å². The molecule has 0 bridgehead atoms. The molecule has 0 radical (unpaired) electrons. The summed E-state index contributed by atoms with van der Waals surface area (Å²) in [6, 6.07) is 5.19. The first-order chi connectivity index (χ1) is 13.6. The number of halogens is 1. The number of aromatic nitrogens is 2. The van der Waals surface area contributed by atoms with Crippen LogP contribution in [0.2, 0.25) is 0 Å². The van der Waals surface area contributed by atoms with E-state index in [9.17, 15) is 19.1 Å². The largest absolute Gasteiger partial charge is 0.444 e. The van der Waals surface area contributed by atoms with E-state index in [-0.39, 0.29) is 24.5 Å². The number of hydrogen-bond donors (Lipinski definition) is 2. The smallest absolute Gasteiger partial charge is 0.410 e. The van der Waals surface area contributed by atoms with Crippen LogP contribution in [0.1, 0.15) is 31.1 Å². The van der Waals surface area contributed by atoms with Crippen LogP contribution in [0, 0.1) is 5.82 Å². The second-order valence-corrected chi connectivity index (χ2v) is 7.84. The highest BCUT2D eigenvalue weighted by molar-refractivity contribution is 5.94. The minimum atomic E-state index is -0.918. The molecule has 154 valence electrons. The average molecular weight is 402 g/mol. The van der Waals surface area contributed by atoms with E-state index >= 15 is 0 Å². The van der Waals surface area contributed by atoms with E-state index in [0.29, 0.717) is 5.56 Å². The number of amides is 2. The van der Waals surface area contributed by atoms with Crippen molar-refractivity contribution in [2.45, 2.75) is 38.5 Å². The van der Waals surface area contributed by atoms with Crippen molar-refractivity contribution in [1.82, 2.24) is 20.2 Å². The lowest BCUT2D eigenvalue weighted by atomic mass is 10.2. The molecule has 8 nitrogen and oxygen atoms in total. The number of hydrogen-bond acceptors (Lipinski definition) is 6. The topological polar surface area (TPSA) is 105 Å². The quantitative estimate of drug-likeness (QED) is 0.814. The lowest BCUT2D eigenvalue weighted by Gasteiger charge is -2.24. The molecule has 1 aliphatic heterocycles. The molecular formula is C20H23FN4O4. The number of aliphatic hydroxyl groups is 1. The van der Waals surface area contributed by atoms with Crippen LogP contribution in [-0.2, 0) is 4.74 Å². The van der Waals surface area contributed by atoms with Gasteiger partial charge in [-0.1, -0.05) is 12.1 Å². The Labute approximate surface area is 167 Å². The van der Waals surface area contributed by atoms with Gasteiger partial charge in [-0.3, -0.25) is 4.79 Å². The molecule has 2 aromatic rings. The summed E-state index contributed by atoms with van der Waals surface area (Å²) in [4.78, 5) is 34.2. The summed E-state index contributed by atoms with van der Waals surface area (Å²) in [6.07, 6.45) is 1.19. The standard InChI is InChI=1S/C20H23FN4O4/c1-20(2,3)29-19(28)25-10-15(16(26)11-25)24-18(27)13-8-22-17(23-9-13)12-5-4-6-14(21)7-12/h4-9,15-16,26H,10-11H2,1-3H3,(H,24,27)/t15-,16+/m1/s1. The zero-order valence-electron chi connectivity index (χ0n) is 16.4. The summed E-state index contributed by atoms with van der Waals surface area (Å²) in [5, 5.41) is 12.9. The van der Waals surface area contributed by atoms with Gasteiger partial charge in [0, 0.05) is 24.5 Å². The highest BCUT2D eigenvalue weighted by Crippen LogP contribution is 2.17. The van der Waals surface area contributed by atoms with Crippen LogP contribution >= 0.6 is 0 Å². The van der Waals surface area contributed by atoms with Gasteiger partial charge in [0.05, 0.1) is 24.3 Å². The summed E-state index contributed by atoms with van der Waals surface area (Å²) < 4.78 is 18.6. The van der Waals surface area contributed by atoms with Crippen LogP contribution in [0.5, 0.6) is 0 Å². The fraction of sp³-hybridized carbons (Fsp3) is 0.400. The van der Waals surface area contributed by atoms with Gasteiger partial charge < -0.3 is 20.1 Å². The number of nitrogens with zero attached hydrogens (tertiary/aromatic N) is 3. The number of likely N-dealkylation sites (tertiary alicyclic amines) is 1. The summed E-state index contributed by atoms with van der Waals surface area (Å²) in [5.74, 6) is -0.596. The third-order valence-corrected chi connectivity index (χ3v) is 4.25. The van der Waals surface area contributed by atoms with Crippen molar-refractivity contribution in [3.8, 4) is 11.4 Å². The zero-order valence-corrected chi connectivity index (χ0v) is 16.4. The van der Waals surface area contributed by atoms with Gasteiger partial charge in [0.2, 0.25) is 0 Å². The van der Waals surface area contributed by atoms with Gasteiger partial charge in [-0.2, -0.15) is 0 Å². The normalized spacial score (nSPS) is 19.1. The maximum atomic E-state index is 13.3.